The number of halogens is 1. The first-order valence-electron chi connectivity index (χ1n) is 6.87. The van der Waals surface area contributed by atoms with Crippen molar-refractivity contribution in [1.29, 1.82) is 0 Å². The summed E-state index contributed by atoms with van der Waals surface area (Å²) in [6, 6.07) is 7.48. The van der Waals surface area contributed by atoms with Crippen molar-refractivity contribution in [3.8, 4) is 0 Å². The number of likely N-dealkylation sites (tertiary alicyclic amines) is 1. The fraction of sp³-hybridized carbons (Fsp3) is 0.467. The van der Waals surface area contributed by atoms with Crippen LogP contribution in [0.5, 0.6) is 0 Å². The summed E-state index contributed by atoms with van der Waals surface area (Å²) in [5, 5.41) is 3.54. The zero-order chi connectivity index (χ0) is 14.4. The van der Waals surface area contributed by atoms with Gasteiger partial charge in [0.2, 0.25) is 5.91 Å². The van der Waals surface area contributed by atoms with Crippen LogP contribution < -0.4 is 5.32 Å². The molecule has 0 aromatic heterocycles. The highest BCUT2D eigenvalue weighted by molar-refractivity contribution is 6.31. The van der Waals surface area contributed by atoms with E-state index in [1.54, 1.807) is 0 Å². The fourth-order valence-electron chi connectivity index (χ4n) is 2.34. The summed E-state index contributed by atoms with van der Waals surface area (Å²) in [7, 11) is 0. The van der Waals surface area contributed by atoms with E-state index in [0.717, 1.165) is 37.8 Å². The van der Waals surface area contributed by atoms with Crippen molar-refractivity contribution in [2.75, 3.05) is 19.6 Å². The Morgan fingerprint density at radius 2 is 2.05 bits per heavy atom. The maximum absolute atomic E-state index is 11.9. The zero-order valence-electron chi connectivity index (χ0n) is 11.3. The van der Waals surface area contributed by atoms with Crippen LogP contribution in [-0.2, 0) is 16.1 Å². The van der Waals surface area contributed by atoms with E-state index >= 15 is 0 Å². The van der Waals surface area contributed by atoms with Crippen molar-refractivity contribution in [3.05, 3.63) is 34.9 Å². The number of benzene rings is 1. The monoisotopic (exact) mass is 294 g/mol. The molecule has 0 saturated carbocycles. The Labute approximate surface area is 124 Å². The highest BCUT2D eigenvalue weighted by atomic mass is 35.5. The molecule has 1 aliphatic rings. The minimum absolute atomic E-state index is 0.00512. The number of hydrogen-bond acceptors (Lipinski definition) is 3. The third kappa shape index (κ3) is 4.32. The van der Waals surface area contributed by atoms with Crippen LogP contribution in [0.2, 0.25) is 5.02 Å². The van der Waals surface area contributed by atoms with Gasteiger partial charge in [0, 0.05) is 17.5 Å². The predicted molar refractivity (Wildman–Crippen MR) is 78.5 cm³/mol. The van der Waals surface area contributed by atoms with Crippen LogP contribution in [0.4, 0.5) is 0 Å². The van der Waals surface area contributed by atoms with Gasteiger partial charge >= 0.3 is 0 Å². The van der Waals surface area contributed by atoms with Gasteiger partial charge in [0.25, 0.3) is 0 Å². The van der Waals surface area contributed by atoms with Crippen LogP contribution in [0.25, 0.3) is 0 Å². The summed E-state index contributed by atoms with van der Waals surface area (Å²) < 4.78 is 0. The van der Waals surface area contributed by atoms with Gasteiger partial charge in [-0.2, -0.15) is 0 Å². The molecule has 1 aromatic carbocycles. The molecule has 20 heavy (non-hydrogen) atoms. The molecule has 0 spiro atoms. The average molecular weight is 295 g/mol. The van der Waals surface area contributed by atoms with Gasteiger partial charge in [-0.05, 0) is 37.6 Å². The summed E-state index contributed by atoms with van der Waals surface area (Å²) >= 11 is 6.04. The van der Waals surface area contributed by atoms with Crippen molar-refractivity contribution < 1.29 is 9.59 Å². The highest BCUT2D eigenvalue weighted by Gasteiger charge is 2.20. The molecule has 0 atom stereocenters. The molecule has 1 fully saturated rings. The Hall–Kier alpha value is -1.39. The van der Waals surface area contributed by atoms with E-state index in [2.05, 4.69) is 10.2 Å². The molecule has 4 nitrogen and oxygen atoms in total. The molecule has 0 unspecified atom stereocenters. The van der Waals surface area contributed by atoms with Crippen LogP contribution in [0.15, 0.2) is 24.3 Å². The topological polar surface area (TPSA) is 49.4 Å². The van der Waals surface area contributed by atoms with E-state index in [1.165, 1.54) is 0 Å². The first kappa shape index (κ1) is 15.0. The van der Waals surface area contributed by atoms with Crippen molar-refractivity contribution in [1.82, 2.24) is 10.2 Å². The Morgan fingerprint density at radius 1 is 1.35 bits per heavy atom. The number of carbonyl (C=O) groups is 2. The maximum atomic E-state index is 11.9. The molecule has 1 saturated heterocycles. The number of hydrogen-bond donors (Lipinski definition) is 1. The number of nitrogens with one attached hydrogen (secondary N) is 1. The minimum Gasteiger partial charge on any atom is -0.351 e. The summed E-state index contributed by atoms with van der Waals surface area (Å²) in [6.45, 7) is 2.45. The lowest BCUT2D eigenvalue weighted by Crippen LogP contribution is -2.41. The first-order valence-corrected chi connectivity index (χ1v) is 7.24. The van der Waals surface area contributed by atoms with Gasteiger partial charge in [0.1, 0.15) is 6.29 Å². The largest absolute Gasteiger partial charge is 0.351 e. The Bertz CT molecular complexity index is 471. The first-order chi connectivity index (χ1) is 9.69. The SMILES string of the molecule is O=CC1CCN(CC(=O)NCc2ccccc2Cl)CC1. The Kier molecular flexibility index (Phi) is 5.56. The predicted octanol–water partition coefficient (Wildman–Crippen LogP) is 1.87. The zero-order valence-corrected chi connectivity index (χ0v) is 12.1. The van der Waals surface area contributed by atoms with E-state index in [0.29, 0.717) is 18.1 Å². The maximum Gasteiger partial charge on any atom is 0.234 e. The molecule has 1 aliphatic heterocycles. The summed E-state index contributed by atoms with van der Waals surface area (Å²) in [5.74, 6) is 0.159. The van der Waals surface area contributed by atoms with Gasteiger partial charge in [-0.25, -0.2) is 0 Å². The summed E-state index contributed by atoms with van der Waals surface area (Å²) in [4.78, 5) is 24.6. The molecule has 2 rings (SSSR count). The quantitative estimate of drug-likeness (QED) is 0.844. The smallest absolute Gasteiger partial charge is 0.234 e. The number of amides is 1. The fourth-order valence-corrected chi connectivity index (χ4v) is 2.54. The van der Waals surface area contributed by atoms with Crippen LogP contribution in [0, 0.1) is 5.92 Å². The second-order valence-electron chi connectivity index (χ2n) is 5.12. The summed E-state index contributed by atoms with van der Waals surface area (Å²) in [6.07, 6.45) is 2.72. The second kappa shape index (κ2) is 7.41. The molecule has 108 valence electrons. The lowest BCUT2D eigenvalue weighted by Gasteiger charge is -2.28. The van der Waals surface area contributed by atoms with Crippen molar-refractivity contribution in [2.45, 2.75) is 19.4 Å². The van der Waals surface area contributed by atoms with E-state index < -0.39 is 0 Å². The number of aldehydes is 1. The molecule has 0 radical (unpaired) electrons. The third-order valence-electron chi connectivity index (χ3n) is 3.63. The number of piperidine rings is 1. The number of nitrogens with zero attached hydrogens (tertiary/aromatic N) is 1. The van der Waals surface area contributed by atoms with Crippen molar-refractivity contribution >= 4 is 23.8 Å². The average Bonchev–Trinajstić information content (AvgIpc) is 2.47. The standard InChI is InChI=1S/C15H19ClN2O2/c16-14-4-2-1-3-13(14)9-17-15(20)10-18-7-5-12(11-19)6-8-18/h1-4,11-12H,5-10H2,(H,17,20). The van der Waals surface area contributed by atoms with Gasteiger partial charge in [-0.15, -0.1) is 0 Å². The van der Waals surface area contributed by atoms with E-state index in [1.807, 2.05) is 24.3 Å². The van der Waals surface area contributed by atoms with Crippen molar-refractivity contribution in [3.63, 3.8) is 0 Å². The molecule has 1 amide bonds. The Morgan fingerprint density at radius 3 is 2.70 bits per heavy atom. The lowest BCUT2D eigenvalue weighted by atomic mass is 9.99. The van der Waals surface area contributed by atoms with Crippen LogP contribution in [0.3, 0.4) is 0 Å². The van der Waals surface area contributed by atoms with E-state index in [4.69, 9.17) is 11.6 Å². The van der Waals surface area contributed by atoms with E-state index in [-0.39, 0.29) is 11.8 Å². The molecular weight excluding hydrogens is 276 g/mol. The second-order valence-corrected chi connectivity index (χ2v) is 5.52. The highest BCUT2D eigenvalue weighted by Crippen LogP contribution is 2.15. The molecule has 1 heterocycles. The van der Waals surface area contributed by atoms with Gasteiger partial charge in [-0.3, -0.25) is 9.69 Å². The van der Waals surface area contributed by atoms with E-state index in [9.17, 15) is 9.59 Å². The lowest BCUT2D eigenvalue weighted by molar-refractivity contribution is -0.122. The number of rotatable bonds is 5. The molecular formula is C15H19ClN2O2. The third-order valence-corrected chi connectivity index (χ3v) is 3.99. The summed E-state index contributed by atoms with van der Waals surface area (Å²) in [5.41, 5.74) is 0.919. The van der Waals surface area contributed by atoms with Crippen molar-refractivity contribution in [2.24, 2.45) is 5.92 Å². The molecule has 0 bridgehead atoms. The van der Waals surface area contributed by atoms with Crippen LogP contribution >= 0.6 is 11.6 Å². The van der Waals surface area contributed by atoms with Gasteiger partial charge < -0.3 is 10.1 Å². The van der Waals surface area contributed by atoms with Crippen LogP contribution in [-0.4, -0.2) is 36.7 Å². The molecule has 5 heteroatoms. The molecule has 1 aromatic rings. The van der Waals surface area contributed by atoms with Crippen LogP contribution in [0.1, 0.15) is 18.4 Å². The van der Waals surface area contributed by atoms with Gasteiger partial charge in [-0.1, -0.05) is 29.8 Å². The molecule has 1 N–H and O–H groups in total. The molecule has 0 aliphatic carbocycles. The van der Waals surface area contributed by atoms with Gasteiger partial charge in [0.05, 0.1) is 6.54 Å². The Balaban J connectivity index is 1.73. The minimum atomic E-state index is -0.00512. The van der Waals surface area contributed by atoms with Gasteiger partial charge in [0.15, 0.2) is 0 Å². The number of carbonyl (C=O) groups excluding carboxylic acids is 2. The normalized spacial score (nSPS) is 16.9.